The Morgan fingerprint density at radius 3 is 1.60 bits per heavy atom. The first-order valence-corrected chi connectivity index (χ1v) is 23.8. The second kappa shape index (κ2) is 6.71. The Balaban J connectivity index is 2.19. The Kier molecular flexibility index (Phi) is 10.3. The van der Waals surface area contributed by atoms with Crippen LogP contribution in [-0.2, 0) is 27.2 Å². The van der Waals surface area contributed by atoms with Crippen LogP contribution in [0.3, 0.4) is 0 Å². The molecule has 0 aromatic heterocycles. The number of rotatable bonds is 2. The molecular formula is CH2I2Zn2. The van der Waals surface area contributed by atoms with E-state index in [2.05, 4.69) is 39.5 Å². The summed E-state index contributed by atoms with van der Waals surface area (Å²) < 4.78 is 1.74. The molecule has 0 N–H and O–H groups in total. The number of hydrogen-bond donors (Lipinski definition) is 0. The molecule has 0 spiro atoms. The van der Waals surface area contributed by atoms with Crippen molar-refractivity contribution < 1.29 is 27.2 Å². The molecule has 0 bridgehead atoms. The Labute approximate surface area is 68.8 Å². The van der Waals surface area contributed by atoms with Gasteiger partial charge in [-0.2, -0.15) is 0 Å². The third-order valence-electron chi connectivity index (χ3n) is 0.267. The van der Waals surface area contributed by atoms with Crippen LogP contribution in [0.1, 0.15) is 0 Å². The van der Waals surface area contributed by atoms with Crippen LogP contribution in [0.4, 0.5) is 0 Å². The van der Waals surface area contributed by atoms with Crippen LogP contribution in [0.2, 0.25) is 3.61 Å². The molecule has 0 aliphatic rings. The minimum absolute atomic E-state index is 0.134. The molecule has 0 aliphatic heterocycles. The van der Waals surface area contributed by atoms with Gasteiger partial charge in [-0.15, -0.1) is 0 Å². The van der Waals surface area contributed by atoms with Crippen molar-refractivity contribution >= 4 is 39.5 Å². The Morgan fingerprint density at radius 2 is 1.60 bits per heavy atom. The summed E-state index contributed by atoms with van der Waals surface area (Å²) in [5.74, 6) is 0. The zero-order chi connectivity index (χ0) is 4.12. The van der Waals surface area contributed by atoms with Gasteiger partial charge in [0.15, 0.2) is 0 Å². The molecule has 4 heteroatoms. The standard InChI is InChI=1S/CH2.2HI.2Zn/h1H2;2*1H;;/q;;;2*+1/p-2. The fourth-order valence-electron chi connectivity index (χ4n) is 0.0505. The molecule has 0 rings (SSSR count). The maximum atomic E-state index is 2.62. The van der Waals surface area contributed by atoms with E-state index in [-0.39, 0.29) is 27.2 Å². The van der Waals surface area contributed by atoms with E-state index in [1.54, 1.807) is 3.61 Å². The van der Waals surface area contributed by atoms with Gasteiger partial charge in [0.2, 0.25) is 0 Å². The molecule has 0 aliphatic carbocycles. The Hall–Kier alpha value is 2.71. The van der Waals surface area contributed by atoms with Crippen molar-refractivity contribution in [1.82, 2.24) is 0 Å². The van der Waals surface area contributed by atoms with Crippen molar-refractivity contribution in [3.8, 4) is 0 Å². The van der Waals surface area contributed by atoms with Crippen LogP contribution in [0, 0.1) is 0 Å². The van der Waals surface area contributed by atoms with Gasteiger partial charge in [0.05, 0.1) is 0 Å². The van der Waals surface area contributed by atoms with Crippen molar-refractivity contribution in [2.45, 2.75) is 3.61 Å². The maximum absolute atomic E-state index is 2.62. The molecular weight excluding hydrogens is 397 g/mol. The molecule has 0 aromatic rings. The third-order valence-corrected chi connectivity index (χ3v) is 48.4. The molecule has 0 unspecified atom stereocenters. The van der Waals surface area contributed by atoms with Crippen LogP contribution >= 0.6 is 39.5 Å². The van der Waals surface area contributed by atoms with E-state index in [0.29, 0.717) is 0 Å². The monoisotopic (exact) mass is 396 g/mol. The quantitative estimate of drug-likeness (QED) is 0.494. The van der Waals surface area contributed by atoms with Gasteiger partial charge in [0, 0.05) is 0 Å². The summed E-state index contributed by atoms with van der Waals surface area (Å²) in [5.41, 5.74) is 0. The van der Waals surface area contributed by atoms with E-state index in [4.69, 9.17) is 0 Å². The average molecular weight is 399 g/mol. The van der Waals surface area contributed by atoms with Gasteiger partial charge in [-0.1, -0.05) is 0 Å². The van der Waals surface area contributed by atoms with Gasteiger partial charge in [0.1, 0.15) is 0 Å². The summed E-state index contributed by atoms with van der Waals surface area (Å²) in [6, 6.07) is 0. The van der Waals surface area contributed by atoms with E-state index in [1.165, 1.54) is 0 Å². The molecule has 5 heavy (non-hydrogen) atoms. The molecule has 0 saturated carbocycles. The molecule has 0 atom stereocenters. The Morgan fingerprint density at radius 1 is 1.20 bits per heavy atom. The molecule has 0 heterocycles. The van der Waals surface area contributed by atoms with Gasteiger partial charge in [0.25, 0.3) is 0 Å². The van der Waals surface area contributed by atoms with Gasteiger partial charge in [-0.3, -0.25) is 0 Å². The summed E-state index contributed by atoms with van der Waals surface area (Å²) in [6.07, 6.45) is 0. The van der Waals surface area contributed by atoms with Crippen LogP contribution in [0.25, 0.3) is 0 Å². The normalized spacial score (nSPS) is 5.20. The number of hydrogen-bond acceptors (Lipinski definition) is 0. The zero-order valence-electron chi connectivity index (χ0n) is 2.88. The van der Waals surface area contributed by atoms with Crippen molar-refractivity contribution in [3.05, 3.63) is 0 Å². The van der Waals surface area contributed by atoms with Crippen molar-refractivity contribution in [1.29, 1.82) is 0 Å². The summed E-state index contributed by atoms with van der Waals surface area (Å²) in [5, 5.41) is 0. The summed E-state index contributed by atoms with van der Waals surface area (Å²) in [4.78, 5) is 0. The predicted octanol–water partition coefficient (Wildman–Crippen LogP) is 2.23. The zero-order valence-corrected chi connectivity index (χ0v) is 13.1. The fourth-order valence-corrected chi connectivity index (χ4v) is 61.4. The van der Waals surface area contributed by atoms with E-state index in [9.17, 15) is 0 Å². The van der Waals surface area contributed by atoms with E-state index < -0.39 is 0 Å². The molecule has 24 valence electrons. The van der Waals surface area contributed by atoms with E-state index in [1.807, 2.05) is 0 Å². The summed E-state index contributed by atoms with van der Waals surface area (Å²) in [6.45, 7) is 0. The van der Waals surface area contributed by atoms with Gasteiger partial charge in [-0.05, 0) is 0 Å². The summed E-state index contributed by atoms with van der Waals surface area (Å²) >= 11 is 5.50. The molecule has 0 amide bonds. The van der Waals surface area contributed by atoms with Crippen LogP contribution in [0.15, 0.2) is 0 Å². The van der Waals surface area contributed by atoms with Crippen molar-refractivity contribution in [2.24, 2.45) is 0 Å². The molecule has 0 fully saturated rings. The van der Waals surface area contributed by atoms with Crippen molar-refractivity contribution in [2.75, 3.05) is 0 Å². The van der Waals surface area contributed by atoms with Crippen LogP contribution in [-0.4, -0.2) is 0 Å². The third kappa shape index (κ3) is 6.71. The fraction of sp³-hybridized carbons (Fsp3) is 1.00. The Bertz CT molecular complexity index is 15.1. The first kappa shape index (κ1) is 7.71. The molecule has 0 aromatic carbocycles. The second-order valence-electron chi connectivity index (χ2n) is 0.732. The van der Waals surface area contributed by atoms with E-state index >= 15 is 0 Å². The van der Waals surface area contributed by atoms with Gasteiger partial charge >= 0.3 is 70.3 Å². The van der Waals surface area contributed by atoms with Gasteiger partial charge in [-0.25, -0.2) is 0 Å². The minimum atomic E-state index is 0.134. The van der Waals surface area contributed by atoms with Gasteiger partial charge < -0.3 is 0 Å². The van der Waals surface area contributed by atoms with Crippen LogP contribution < -0.4 is 0 Å². The molecule has 0 radical (unpaired) electrons. The van der Waals surface area contributed by atoms with E-state index in [0.717, 1.165) is 0 Å². The first-order chi connectivity index (χ1) is 2.41. The van der Waals surface area contributed by atoms with Crippen molar-refractivity contribution in [3.63, 3.8) is 0 Å². The van der Waals surface area contributed by atoms with Crippen LogP contribution in [0.5, 0.6) is 0 Å². The number of halogens is 2. The summed E-state index contributed by atoms with van der Waals surface area (Å²) in [7, 11) is 0. The SMILES string of the molecule is [I][Zn][CH2][Zn][I]. The second-order valence-corrected chi connectivity index (χ2v) is 22.7. The topological polar surface area (TPSA) is 0 Å². The molecule has 0 nitrogen and oxygen atoms in total. The predicted molar refractivity (Wildman–Crippen MR) is 32.8 cm³/mol. The first-order valence-electron chi connectivity index (χ1n) is 1.53. The average Bonchev–Trinajstić information content (AvgIpc) is 1.41. The molecule has 0 saturated heterocycles.